The van der Waals surface area contributed by atoms with Gasteiger partial charge in [-0.3, -0.25) is 14.4 Å². The van der Waals surface area contributed by atoms with Crippen LogP contribution < -0.4 is 14.5 Å². The van der Waals surface area contributed by atoms with E-state index in [1.165, 1.54) is 16.7 Å². The van der Waals surface area contributed by atoms with E-state index in [0.29, 0.717) is 28.1 Å². The molecule has 4 aromatic rings. The number of anilines is 1. The average Bonchev–Trinajstić information content (AvgIpc) is 3.39. The topological polar surface area (TPSA) is 79.5 Å². The maximum Gasteiger partial charge on any atom is 0.305 e. The molecule has 0 unspecified atom stereocenters. The molecule has 37 heavy (non-hydrogen) atoms. The van der Waals surface area contributed by atoms with Gasteiger partial charge < -0.3 is 9.72 Å². The first-order chi connectivity index (χ1) is 17.9. The van der Waals surface area contributed by atoms with Crippen molar-refractivity contribution >= 4 is 52.2 Å². The highest BCUT2D eigenvalue weighted by Gasteiger charge is 2.56. The number of aryl methyl sites for hydroxylation is 1. The quantitative estimate of drug-likeness (QED) is 0.320. The van der Waals surface area contributed by atoms with E-state index in [1.807, 2.05) is 67.6 Å². The molecule has 1 aromatic heterocycles. The van der Waals surface area contributed by atoms with E-state index in [2.05, 4.69) is 4.98 Å². The number of H-pyrrole nitrogens is 1. The summed E-state index contributed by atoms with van der Waals surface area (Å²) in [5.74, 6) is -0.848. The summed E-state index contributed by atoms with van der Waals surface area (Å²) in [5.41, 5.74) is 3.47. The Morgan fingerprint density at radius 1 is 0.919 bits per heavy atom. The van der Waals surface area contributed by atoms with Crippen molar-refractivity contribution in [1.29, 1.82) is 0 Å². The number of nitrogens with one attached hydrogen (secondary N) is 1. The monoisotopic (exact) mass is 548 g/mol. The van der Waals surface area contributed by atoms with Crippen molar-refractivity contribution < 1.29 is 14.3 Å². The van der Waals surface area contributed by atoms with Gasteiger partial charge in [-0.15, -0.1) is 0 Å². The molecule has 1 saturated heterocycles. The van der Waals surface area contributed by atoms with Crippen LogP contribution in [0.15, 0.2) is 82.6 Å². The van der Waals surface area contributed by atoms with Crippen LogP contribution in [0.3, 0.4) is 0 Å². The highest BCUT2D eigenvalue weighted by molar-refractivity contribution is 8.00. The minimum absolute atomic E-state index is 0.194. The van der Waals surface area contributed by atoms with E-state index in [1.54, 1.807) is 12.1 Å². The molecule has 2 amide bonds. The Morgan fingerprint density at radius 2 is 1.62 bits per heavy atom. The number of halogens is 1. The lowest BCUT2D eigenvalue weighted by Crippen LogP contribution is -2.32. The Labute approximate surface area is 226 Å². The van der Waals surface area contributed by atoms with Gasteiger partial charge in [0.2, 0.25) is 11.8 Å². The van der Waals surface area contributed by atoms with Crippen LogP contribution in [-0.2, 0) is 16.2 Å². The fourth-order valence-electron chi connectivity index (χ4n) is 4.84. The van der Waals surface area contributed by atoms with Crippen molar-refractivity contribution in [2.24, 2.45) is 5.92 Å². The molecule has 3 heterocycles. The van der Waals surface area contributed by atoms with Crippen molar-refractivity contribution in [3.05, 3.63) is 109 Å². The second-order valence-electron chi connectivity index (χ2n) is 9.08. The average molecular weight is 549 g/mol. The first kappa shape index (κ1) is 24.0. The van der Waals surface area contributed by atoms with Crippen LogP contribution in [0.25, 0.3) is 0 Å². The molecular formula is C28H21ClN2O4S2. The number of carbonyl (C=O) groups excluding carboxylic acids is 2. The number of nitrogens with zero attached hydrogens (tertiary/aromatic N) is 1. The molecule has 0 bridgehead atoms. The number of imide groups is 1. The lowest BCUT2D eigenvalue weighted by molar-refractivity contribution is -0.122. The lowest BCUT2D eigenvalue weighted by Gasteiger charge is -2.29. The second-order valence-corrected chi connectivity index (χ2v) is 11.7. The number of thiazole rings is 1. The zero-order valence-corrected chi connectivity index (χ0v) is 22.0. The molecule has 2 aliphatic rings. The molecule has 2 aliphatic heterocycles. The van der Waals surface area contributed by atoms with Crippen molar-refractivity contribution in [3.63, 3.8) is 0 Å². The minimum atomic E-state index is -0.614. The fourth-order valence-corrected chi connectivity index (χ4v) is 7.48. The first-order valence-corrected chi connectivity index (χ1v) is 13.8. The molecule has 1 fully saturated rings. The highest BCUT2D eigenvalue weighted by atomic mass is 35.5. The van der Waals surface area contributed by atoms with Gasteiger partial charge in [-0.2, -0.15) is 0 Å². The number of fused-ring (bicyclic) bond motifs is 2. The predicted octanol–water partition coefficient (Wildman–Crippen LogP) is 5.77. The molecule has 9 heteroatoms. The van der Waals surface area contributed by atoms with Crippen LogP contribution in [0.2, 0.25) is 5.02 Å². The van der Waals surface area contributed by atoms with Crippen molar-refractivity contribution in [2.45, 2.75) is 29.7 Å². The number of carbonyl (C=O) groups is 2. The number of ether oxygens (including phenoxy) is 1. The van der Waals surface area contributed by atoms with E-state index >= 15 is 0 Å². The molecule has 0 saturated carbocycles. The number of amides is 2. The van der Waals surface area contributed by atoms with Crippen molar-refractivity contribution in [3.8, 4) is 5.75 Å². The molecule has 0 radical (unpaired) electrons. The van der Waals surface area contributed by atoms with Crippen LogP contribution in [0.4, 0.5) is 5.69 Å². The first-order valence-electron chi connectivity index (χ1n) is 11.7. The molecule has 6 rings (SSSR count). The van der Waals surface area contributed by atoms with E-state index in [9.17, 15) is 14.4 Å². The van der Waals surface area contributed by atoms with Gasteiger partial charge in [0.25, 0.3) is 0 Å². The number of aromatic nitrogens is 1. The highest BCUT2D eigenvalue weighted by Crippen LogP contribution is 2.53. The summed E-state index contributed by atoms with van der Waals surface area (Å²) in [6.07, 6.45) is 0. The molecule has 0 aliphatic carbocycles. The molecule has 0 spiro atoms. The van der Waals surface area contributed by atoms with Crippen LogP contribution in [-0.4, -0.2) is 22.0 Å². The zero-order chi connectivity index (χ0) is 25.7. The summed E-state index contributed by atoms with van der Waals surface area (Å²) in [4.78, 5) is 44.3. The summed E-state index contributed by atoms with van der Waals surface area (Å²) in [6, 6.07) is 22.4. The Balaban J connectivity index is 1.32. The molecular weight excluding hydrogens is 528 g/mol. The minimum Gasteiger partial charge on any atom is -0.489 e. The van der Waals surface area contributed by atoms with E-state index < -0.39 is 17.1 Å². The summed E-state index contributed by atoms with van der Waals surface area (Å²) in [5, 5.41) is 0.720. The van der Waals surface area contributed by atoms with Crippen molar-refractivity contribution in [1.82, 2.24) is 4.98 Å². The third kappa shape index (κ3) is 4.39. The zero-order valence-electron chi connectivity index (χ0n) is 19.6. The summed E-state index contributed by atoms with van der Waals surface area (Å²) in [6.45, 7) is 2.35. The van der Waals surface area contributed by atoms with Gasteiger partial charge in [-0.25, -0.2) is 4.90 Å². The summed E-state index contributed by atoms with van der Waals surface area (Å²) < 4.78 is 5.93. The standard InChI is InChI=1S/C28H21ClN2O4S2/c1-15-2-10-19(11-3-15)31-26(32)22-21(23-25(30-28(34)37-23)36-24(22)27(31)33)17-6-12-20(13-7-17)35-14-16-4-8-18(29)9-5-16/h2-13,21-22,24H,14H2,1H3,(H,30,34)/t21-,22-,24+/m0/s1. The van der Waals surface area contributed by atoms with Crippen LogP contribution in [0, 0.1) is 12.8 Å². The smallest absolute Gasteiger partial charge is 0.305 e. The predicted molar refractivity (Wildman–Crippen MR) is 146 cm³/mol. The number of benzene rings is 3. The van der Waals surface area contributed by atoms with Crippen LogP contribution >= 0.6 is 34.7 Å². The number of rotatable bonds is 5. The second kappa shape index (κ2) is 9.52. The maximum atomic E-state index is 13.8. The van der Waals surface area contributed by atoms with Gasteiger partial charge in [0.1, 0.15) is 17.6 Å². The van der Waals surface area contributed by atoms with Gasteiger partial charge in [-0.1, -0.05) is 76.7 Å². The van der Waals surface area contributed by atoms with E-state index in [4.69, 9.17) is 16.3 Å². The van der Waals surface area contributed by atoms with Crippen molar-refractivity contribution in [2.75, 3.05) is 4.90 Å². The molecule has 3 atom stereocenters. The Hall–Kier alpha value is -3.33. The maximum absolute atomic E-state index is 13.8. The number of aromatic amines is 1. The SMILES string of the molecule is Cc1ccc(N2C(=O)[C@H]3[C@H](c4ccc(OCc5ccc(Cl)cc5)cc4)c4sc(=O)[nH]c4S[C@H]3C2=O)cc1. The third-order valence-corrected chi connectivity index (χ3v) is 9.33. The van der Waals surface area contributed by atoms with Crippen LogP contribution in [0.5, 0.6) is 5.75 Å². The Bertz CT molecular complexity index is 1550. The Morgan fingerprint density at radius 3 is 2.32 bits per heavy atom. The van der Waals surface area contributed by atoms with Gasteiger partial charge in [-0.05, 0) is 54.4 Å². The normalized spacial score (nSPS) is 20.6. The molecule has 3 aromatic carbocycles. The Kier molecular flexibility index (Phi) is 6.18. The van der Waals surface area contributed by atoms with Crippen LogP contribution in [0.1, 0.15) is 27.5 Å². The van der Waals surface area contributed by atoms with E-state index in [0.717, 1.165) is 32.9 Å². The molecule has 186 valence electrons. The van der Waals surface area contributed by atoms with Gasteiger partial charge in [0.15, 0.2) is 0 Å². The van der Waals surface area contributed by atoms with Gasteiger partial charge in [0.05, 0.1) is 16.6 Å². The number of hydrogen-bond donors (Lipinski definition) is 1. The number of thioether (sulfide) groups is 1. The van der Waals surface area contributed by atoms with Gasteiger partial charge >= 0.3 is 4.87 Å². The summed E-state index contributed by atoms with van der Waals surface area (Å²) in [7, 11) is 0. The molecule has 1 N–H and O–H groups in total. The third-order valence-electron chi connectivity index (χ3n) is 6.67. The fraction of sp³-hybridized carbons (Fsp3) is 0.179. The lowest BCUT2D eigenvalue weighted by atomic mass is 9.83. The largest absolute Gasteiger partial charge is 0.489 e. The van der Waals surface area contributed by atoms with E-state index in [-0.39, 0.29) is 16.7 Å². The summed E-state index contributed by atoms with van der Waals surface area (Å²) >= 11 is 8.33. The van der Waals surface area contributed by atoms with Gasteiger partial charge in [0, 0.05) is 15.8 Å². The molecule has 6 nitrogen and oxygen atoms in total. The number of hydrogen-bond acceptors (Lipinski definition) is 6.